The quantitative estimate of drug-likeness (QED) is 0.467. The topological polar surface area (TPSA) is 72.5 Å². The van der Waals surface area contributed by atoms with E-state index in [0.29, 0.717) is 0 Å². The van der Waals surface area contributed by atoms with E-state index in [0.717, 1.165) is 0 Å². The lowest BCUT2D eigenvalue weighted by Gasteiger charge is -2.16. The number of esters is 1. The van der Waals surface area contributed by atoms with Crippen LogP contribution in [0.5, 0.6) is 0 Å². The molecular weight excluding hydrogens is 122 g/mol. The van der Waals surface area contributed by atoms with Gasteiger partial charge in [0.25, 0.3) is 0 Å². The maximum atomic E-state index is 10.5. The van der Waals surface area contributed by atoms with Gasteiger partial charge in [-0.25, -0.2) is 4.79 Å². The minimum Gasteiger partial charge on any atom is -0.467 e. The Balaban J connectivity index is 3.97. The van der Waals surface area contributed by atoms with Gasteiger partial charge in [0.15, 0.2) is 5.60 Å². The van der Waals surface area contributed by atoms with E-state index in [2.05, 4.69) is 4.74 Å². The molecule has 0 heterocycles. The van der Waals surface area contributed by atoms with Gasteiger partial charge in [-0.2, -0.15) is 0 Å². The lowest BCUT2D eigenvalue weighted by Crippen LogP contribution is -2.43. The van der Waals surface area contributed by atoms with Crippen LogP contribution in [0.2, 0.25) is 0 Å². The van der Waals surface area contributed by atoms with Gasteiger partial charge in [0.2, 0.25) is 0 Å². The maximum absolute atomic E-state index is 10.5. The summed E-state index contributed by atoms with van der Waals surface area (Å²) in [6.45, 7) is 1.18. The molecule has 1 atom stereocenters. The van der Waals surface area contributed by atoms with Crippen molar-refractivity contribution in [2.24, 2.45) is 5.73 Å². The van der Waals surface area contributed by atoms with Gasteiger partial charge in [0.1, 0.15) is 0 Å². The number of hydrogen-bond acceptors (Lipinski definition) is 4. The molecule has 0 aromatic carbocycles. The van der Waals surface area contributed by atoms with E-state index in [9.17, 15) is 4.79 Å². The fourth-order valence-corrected chi connectivity index (χ4v) is 0.303. The van der Waals surface area contributed by atoms with Gasteiger partial charge in [-0.3, -0.25) is 0 Å². The van der Waals surface area contributed by atoms with Gasteiger partial charge in [-0.05, 0) is 6.92 Å². The summed E-state index contributed by atoms with van der Waals surface area (Å²) in [6.07, 6.45) is 0. The van der Waals surface area contributed by atoms with Crippen molar-refractivity contribution < 1.29 is 14.6 Å². The molecule has 0 bridgehead atoms. The zero-order valence-corrected chi connectivity index (χ0v) is 5.55. The summed E-state index contributed by atoms with van der Waals surface area (Å²) >= 11 is 0. The molecule has 9 heavy (non-hydrogen) atoms. The fourth-order valence-electron chi connectivity index (χ4n) is 0.303. The fraction of sp³-hybridized carbons (Fsp3) is 0.800. The highest BCUT2D eigenvalue weighted by Crippen LogP contribution is 2.01. The third-order valence-corrected chi connectivity index (χ3v) is 1.02. The standard InChI is InChI=1S/C5H11NO3/c1-5(8,3-6)4(7)9-2/h8H,3,6H2,1-2H3. The molecule has 0 aliphatic carbocycles. The Hall–Kier alpha value is -0.610. The lowest BCUT2D eigenvalue weighted by molar-refractivity contribution is -0.159. The van der Waals surface area contributed by atoms with E-state index in [-0.39, 0.29) is 6.54 Å². The van der Waals surface area contributed by atoms with Gasteiger partial charge < -0.3 is 15.6 Å². The molecular formula is C5H11NO3. The number of methoxy groups -OCH3 is 1. The molecule has 0 fully saturated rings. The van der Waals surface area contributed by atoms with E-state index in [4.69, 9.17) is 10.8 Å². The molecule has 0 spiro atoms. The summed E-state index contributed by atoms with van der Waals surface area (Å²) in [5.41, 5.74) is 3.50. The van der Waals surface area contributed by atoms with Crippen molar-refractivity contribution in [2.45, 2.75) is 12.5 Å². The van der Waals surface area contributed by atoms with Gasteiger partial charge in [-0.15, -0.1) is 0 Å². The second-order valence-electron chi connectivity index (χ2n) is 1.97. The average Bonchev–Trinajstić information content (AvgIpc) is 1.86. The Kier molecular flexibility index (Phi) is 2.61. The van der Waals surface area contributed by atoms with Crippen molar-refractivity contribution in [1.29, 1.82) is 0 Å². The molecule has 0 saturated carbocycles. The first-order chi connectivity index (χ1) is 4.04. The molecule has 0 radical (unpaired) electrons. The van der Waals surface area contributed by atoms with E-state index < -0.39 is 11.6 Å². The lowest BCUT2D eigenvalue weighted by atomic mass is 10.1. The number of nitrogens with two attached hydrogens (primary N) is 1. The molecule has 0 aromatic rings. The summed E-state index contributed by atoms with van der Waals surface area (Å²) in [4.78, 5) is 10.5. The molecule has 3 N–H and O–H groups in total. The van der Waals surface area contributed by atoms with Crippen molar-refractivity contribution in [3.63, 3.8) is 0 Å². The Morgan fingerprint density at radius 3 is 2.44 bits per heavy atom. The van der Waals surface area contributed by atoms with Crippen LogP contribution in [0.25, 0.3) is 0 Å². The first kappa shape index (κ1) is 8.39. The molecule has 4 nitrogen and oxygen atoms in total. The smallest absolute Gasteiger partial charge is 0.338 e. The first-order valence-corrected chi connectivity index (χ1v) is 2.55. The van der Waals surface area contributed by atoms with Gasteiger partial charge in [-0.1, -0.05) is 0 Å². The van der Waals surface area contributed by atoms with Crippen LogP contribution in [0.3, 0.4) is 0 Å². The molecule has 0 aliphatic rings. The first-order valence-electron chi connectivity index (χ1n) is 2.55. The summed E-state index contributed by atoms with van der Waals surface area (Å²) in [5.74, 6) is -0.704. The molecule has 0 saturated heterocycles. The highest BCUT2D eigenvalue weighted by Gasteiger charge is 2.28. The third-order valence-electron chi connectivity index (χ3n) is 1.02. The van der Waals surface area contributed by atoms with Gasteiger partial charge in [0, 0.05) is 6.54 Å². The molecule has 0 aromatic heterocycles. The van der Waals surface area contributed by atoms with Gasteiger partial charge in [0.05, 0.1) is 7.11 Å². The normalized spacial score (nSPS) is 16.4. The van der Waals surface area contributed by atoms with E-state index >= 15 is 0 Å². The van der Waals surface area contributed by atoms with Crippen LogP contribution in [0, 0.1) is 0 Å². The van der Waals surface area contributed by atoms with Crippen molar-refractivity contribution in [3.05, 3.63) is 0 Å². The number of carbonyl (C=O) groups is 1. The third kappa shape index (κ3) is 1.99. The second-order valence-corrected chi connectivity index (χ2v) is 1.97. The van der Waals surface area contributed by atoms with Crippen molar-refractivity contribution in [2.75, 3.05) is 13.7 Å². The zero-order valence-electron chi connectivity index (χ0n) is 5.55. The van der Waals surface area contributed by atoms with Crippen LogP contribution in [-0.2, 0) is 9.53 Å². The summed E-state index contributed by atoms with van der Waals surface area (Å²) in [5, 5.41) is 8.99. The summed E-state index contributed by atoms with van der Waals surface area (Å²) < 4.78 is 4.24. The Bertz CT molecular complexity index is 111. The van der Waals surface area contributed by atoms with E-state index in [1.807, 2.05) is 0 Å². The summed E-state index contributed by atoms with van der Waals surface area (Å²) in [7, 11) is 1.20. The van der Waals surface area contributed by atoms with Crippen molar-refractivity contribution in [1.82, 2.24) is 0 Å². The Labute approximate surface area is 53.6 Å². The van der Waals surface area contributed by atoms with Crippen LogP contribution in [0.15, 0.2) is 0 Å². The Morgan fingerprint density at radius 1 is 1.89 bits per heavy atom. The number of ether oxygens (including phenoxy) is 1. The van der Waals surface area contributed by atoms with Crippen LogP contribution in [-0.4, -0.2) is 30.3 Å². The zero-order chi connectivity index (χ0) is 7.49. The van der Waals surface area contributed by atoms with Crippen LogP contribution in [0.4, 0.5) is 0 Å². The number of hydrogen-bond donors (Lipinski definition) is 2. The minimum absolute atomic E-state index is 0.125. The van der Waals surface area contributed by atoms with Crippen molar-refractivity contribution in [3.8, 4) is 0 Å². The average molecular weight is 133 g/mol. The minimum atomic E-state index is -1.53. The van der Waals surface area contributed by atoms with Crippen LogP contribution < -0.4 is 5.73 Å². The molecule has 0 rings (SSSR count). The van der Waals surface area contributed by atoms with Crippen molar-refractivity contribution >= 4 is 5.97 Å². The number of rotatable bonds is 2. The highest BCUT2D eigenvalue weighted by atomic mass is 16.5. The second kappa shape index (κ2) is 2.80. The maximum Gasteiger partial charge on any atom is 0.338 e. The predicted octanol–water partition coefficient (Wildman–Crippen LogP) is -1.13. The molecule has 54 valence electrons. The molecule has 1 unspecified atom stereocenters. The Morgan fingerprint density at radius 2 is 2.33 bits per heavy atom. The molecule has 4 heteroatoms. The summed E-state index contributed by atoms with van der Waals surface area (Å²) in [6, 6.07) is 0. The van der Waals surface area contributed by atoms with Crippen LogP contribution in [0.1, 0.15) is 6.92 Å². The van der Waals surface area contributed by atoms with Gasteiger partial charge >= 0.3 is 5.97 Å². The monoisotopic (exact) mass is 133 g/mol. The SMILES string of the molecule is COC(=O)C(C)(O)CN. The largest absolute Gasteiger partial charge is 0.467 e. The van der Waals surface area contributed by atoms with Crippen LogP contribution >= 0.6 is 0 Å². The highest BCUT2D eigenvalue weighted by molar-refractivity contribution is 5.78. The van der Waals surface area contributed by atoms with E-state index in [1.54, 1.807) is 0 Å². The predicted molar refractivity (Wildman–Crippen MR) is 31.7 cm³/mol. The molecule has 0 aliphatic heterocycles. The van der Waals surface area contributed by atoms with E-state index in [1.165, 1.54) is 14.0 Å². The number of carbonyl (C=O) groups excluding carboxylic acids is 1. The number of aliphatic hydroxyl groups is 1. The molecule has 0 amide bonds.